The van der Waals surface area contributed by atoms with Crippen LogP contribution in [0.4, 0.5) is 10.1 Å². The summed E-state index contributed by atoms with van der Waals surface area (Å²) in [7, 11) is 0. The van der Waals surface area contributed by atoms with Crippen LogP contribution in [0.1, 0.15) is 56.7 Å². The third kappa shape index (κ3) is 5.89. The fourth-order valence-corrected chi connectivity index (χ4v) is 4.92. The summed E-state index contributed by atoms with van der Waals surface area (Å²) in [5.74, 6) is 0.751. The molecule has 2 fully saturated rings. The van der Waals surface area contributed by atoms with Crippen LogP contribution < -0.4 is 10.2 Å². The number of anilines is 1. The van der Waals surface area contributed by atoms with Gasteiger partial charge in [-0.2, -0.15) is 0 Å². The second kappa shape index (κ2) is 10.5. The molecule has 4 rings (SSSR count). The molecule has 0 aliphatic carbocycles. The fourth-order valence-electron chi connectivity index (χ4n) is 4.92. The van der Waals surface area contributed by atoms with Gasteiger partial charge in [0.25, 0.3) is 0 Å². The molecule has 2 heterocycles. The third-order valence-corrected chi connectivity index (χ3v) is 7.10. The Labute approximate surface area is 191 Å². The van der Waals surface area contributed by atoms with Gasteiger partial charge >= 0.3 is 0 Å². The van der Waals surface area contributed by atoms with Gasteiger partial charge in [0.15, 0.2) is 0 Å². The highest BCUT2D eigenvalue weighted by atomic mass is 19.1. The van der Waals surface area contributed by atoms with E-state index in [-0.39, 0.29) is 23.7 Å². The number of amides is 1. The van der Waals surface area contributed by atoms with Crippen molar-refractivity contribution in [3.8, 4) is 0 Å². The molecule has 0 saturated carbocycles. The van der Waals surface area contributed by atoms with E-state index in [1.54, 1.807) is 0 Å². The number of halogens is 1. The van der Waals surface area contributed by atoms with Crippen molar-refractivity contribution in [3.05, 3.63) is 65.5 Å². The van der Waals surface area contributed by atoms with E-state index in [1.807, 2.05) is 12.1 Å². The number of nitrogens with one attached hydrogen (secondary N) is 1. The predicted octanol–water partition coefficient (Wildman–Crippen LogP) is 5.15. The molecule has 2 aromatic rings. The summed E-state index contributed by atoms with van der Waals surface area (Å²) in [6.07, 6.45) is 4.45. The molecule has 1 N–H and O–H groups in total. The highest BCUT2D eigenvalue weighted by Crippen LogP contribution is 2.25. The molecule has 0 bridgehead atoms. The maximum absolute atomic E-state index is 13.2. The summed E-state index contributed by atoms with van der Waals surface area (Å²) in [6, 6.07) is 15.3. The number of piperidine rings is 2. The summed E-state index contributed by atoms with van der Waals surface area (Å²) in [4.78, 5) is 17.7. The van der Waals surface area contributed by atoms with Crippen molar-refractivity contribution < 1.29 is 9.18 Å². The van der Waals surface area contributed by atoms with Crippen molar-refractivity contribution in [2.24, 2.45) is 11.8 Å². The predicted molar refractivity (Wildman–Crippen MR) is 128 cm³/mol. The van der Waals surface area contributed by atoms with Crippen LogP contribution in [0.2, 0.25) is 0 Å². The van der Waals surface area contributed by atoms with Gasteiger partial charge < -0.3 is 10.2 Å². The molecular formula is C27H36FN3O. The Morgan fingerprint density at radius 2 is 1.72 bits per heavy atom. The highest BCUT2D eigenvalue weighted by Gasteiger charge is 2.27. The number of likely N-dealkylation sites (tertiary alicyclic amines) is 1. The summed E-state index contributed by atoms with van der Waals surface area (Å²) in [5.41, 5.74) is 3.51. The maximum atomic E-state index is 13.2. The van der Waals surface area contributed by atoms with Gasteiger partial charge in [-0.3, -0.25) is 9.69 Å². The van der Waals surface area contributed by atoms with Gasteiger partial charge in [0.1, 0.15) is 5.82 Å². The molecule has 2 aliphatic heterocycles. The van der Waals surface area contributed by atoms with E-state index < -0.39 is 0 Å². The Morgan fingerprint density at radius 3 is 2.41 bits per heavy atom. The summed E-state index contributed by atoms with van der Waals surface area (Å²) in [5, 5.41) is 3.23. The maximum Gasteiger partial charge on any atom is 0.224 e. The fraction of sp³-hybridized carbons (Fsp3) is 0.519. The lowest BCUT2D eigenvalue weighted by molar-refractivity contribution is -0.127. The van der Waals surface area contributed by atoms with Crippen molar-refractivity contribution in [2.75, 3.05) is 31.1 Å². The average molecular weight is 438 g/mol. The van der Waals surface area contributed by atoms with Gasteiger partial charge in [-0.25, -0.2) is 4.39 Å². The van der Waals surface area contributed by atoms with Gasteiger partial charge in [0.2, 0.25) is 5.91 Å². The van der Waals surface area contributed by atoms with Gasteiger partial charge in [0.05, 0.1) is 12.0 Å². The molecule has 0 spiro atoms. The van der Waals surface area contributed by atoms with Crippen molar-refractivity contribution in [3.63, 3.8) is 0 Å². The quantitative estimate of drug-likeness (QED) is 0.679. The largest absolute Gasteiger partial charge is 0.372 e. The molecule has 4 nitrogen and oxygen atoms in total. The number of hydrogen-bond donors (Lipinski definition) is 1. The topological polar surface area (TPSA) is 35.6 Å². The lowest BCUT2D eigenvalue weighted by Crippen LogP contribution is -2.43. The molecule has 0 radical (unpaired) electrons. The van der Waals surface area contributed by atoms with Crippen LogP contribution in [0.5, 0.6) is 0 Å². The van der Waals surface area contributed by atoms with E-state index in [0.717, 1.165) is 62.6 Å². The Bertz CT molecular complexity index is 875. The molecule has 172 valence electrons. The van der Waals surface area contributed by atoms with Crippen LogP contribution in [-0.2, 0) is 11.3 Å². The van der Waals surface area contributed by atoms with Gasteiger partial charge in [-0.15, -0.1) is 0 Å². The lowest BCUT2D eigenvalue weighted by Gasteiger charge is -2.33. The average Bonchev–Trinajstić information content (AvgIpc) is 2.81. The van der Waals surface area contributed by atoms with Crippen LogP contribution >= 0.6 is 0 Å². The molecule has 5 heteroatoms. The van der Waals surface area contributed by atoms with Crippen LogP contribution in [0.25, 0.3) is 0 Å². The molecule has 2 aliphatic rings. The van der Waals surface area contributed by atoms with Crippen molar-refractivity contribution >= 4 is 11.6 Å². The lowest BCUT2D eigenvalue weighted by atomic mass is 9.95. The number of benzene rings is 2. The minimum atomic E-state index is -0.211. The zero-order valence-corrected chi connectivity index (χ0v) is 19.4. The van der Waals surface area contributed by atoms with Crippen molar-refractivity contribution in [2.45, 2.75) is 52.1 Å². The Balaban J connectivity index is 1.29. The van der Waals surface area contributed by atoms with Crippen LogP contribution in [0, 0.1) is 17.7 Å². The first-order valence-electron chi connectivity index (χ1n) is 12.1. The SMILES string of the molecule is CC1CCN(c2ccc([C@@H](C)NC(=O)[C@@H]3CCCN(Cc4ccc(F)cc4)C3)cc2)CC1. The number of nitrogens with zero attached hydrogens (tertiary/aromatic N) is 2. The molecule has 0 aromatic heterocycles. The van der Waals surface area contributed by atoms with Gasteiger partial charge in [0, 0.05) is 31.9 Å². The molecule has 2 atom stereocenters. The van der Waals surface area contributed by atoms with Crippen molar-refractivity contribution in [1.82, 2.24) is 10.2 Å². The summed E-state index contributed by atoms with van der Waals surface area (Å²) in [6.45, 7) is 9.14. The van der Waals surface area contributed by atoms with E-state index in [9.17, 15) is 9.18 Å². The number of carbonyl (C=O) groups excluding carboxylic acids is 1. The van der Waals surface area contributed by atoms with E-state index in [4.69, 9.17) is 0 Å². The third-order valence-electron chi connectivity index (χ3n) is 7.10. The Kier molecular flexibility index (Phi) is 7.46. The van der Waals surface area contributed by atoms with Gasteiger partial charge in [-0.1, -0.05) is 31.2 Å². The monoisotopic (exact) mass is 437 g/mol. The first kappa shape index (κ1) is 22.8. The first-order chi connectivity index (χ1) is 15.5. The van der Waals surface area contributed by atoms with Crippen LogP contribution in [0.3, 0.4) is 0 Å². The number of rotatable bonds is 6. The summed E-state index contributed by atoms with van der Waals surface area (Å²) < 4.78 is 13.2. The molecule has 32 heavy (non-hydrogen) atoms. The summed E-state index contributed by atoms with van der Waals surface area (Å²) >= 11 is 0. The Hall–Kier alpha value is -2.40. The van der Waals surface area contributed by atoms with Crippen LogP contribution in [-0.4, -0.2) is 37.0 Å². The van der Waals surface area contributed by atoms with E-state index >= 15 is 0 Å². The van der Waals surface area contributed by atoms with E-state index in [1.165, 1.54) is 30.7 Å². The molecular weight excluding hydrogens is 401 g/mol. The molecule has 0 unspecified atom stereocenters. The van der Waals surface area contributed by atoms with Crippen molar-refractivity contribution in [1.29, 1.82) is 0 Å². The highest BCUT2D eigenvalue weighted by molar-refractivity contribution is 5.79. The number of hydrogen-bond acceptors (Lipinski definition) is 3. The number of carbonyl (C=O) groups is 1. The normalized spacial score (nSPS) is 21.3. The second-order valence-corrected chi connectivity index (χ2v) is 9.69. The minimum absolute atomic E-state index is 0.00117. The minimum Gasteiger partial charge on any atom is -0.372 e. The van der Waals surface area contributed by atoms with Gasteiger partial charge in [-0.05, 0) is 80.5 Å². The smallest absolute Gasteiger partial charge is 0.224 e. The van der Waals surface area contributed by atoms with E-state index in [2.05, 4.69) is 53.2 Å². The Morgan fingerprint density at radius 1 is 1.03 bits per heavy atom. The zero-order valence-electron chi connectivity index (χ0n) is 19.4. The van der Waals surface area contributed by atoms with E-state index in [0.29, 0.717) is 0 Å². The molecule has 1 amide bonds. The zero-order chi connectivity index (χ0) is 22.5. The standard InChI is InChI=1S/C27H36FN3O/c1-20-13-16-31(17-14-20)26-11-7-23(8-12-26)21(2)29-27(32)24-4-3-15-30(19-24)18-22-5-9-25(28)10-6-22/h5-12,20-21,24H,3-4,13-19H2,1-2H3,(H,29,32)/t21-,24-/m1/s1. The molecule has 2 saturated heterocycles. The van der Waals surface area contributed by atoms with Crippen LogP contribution in [0.15, 0.2) is 48.5 Å². The first-order valence-corrected chi connectivity index (χ1v) is 12.1. The molecule has 2 aromatic carbocycles. The second-order valence-electron chi connectivity index (χ2n) is 9.69.